The fraction of sp³-hybridized carbons (Fsp3) is 0.633. The molecule has 0 radical (unpaired) electrons. The van der Waals surface area contributed by atoms with Crippen LogP contribution in [0.25, 0.3) is 0 Å². The maximum Gasteiger partial charge on any atom is 0.246 e. The maximum absolute atomic E-state index is 14.2. The Morgan fingerprint density at radius 1 is 1.13 bits per heavy atom. The normalized spacial score (nSPS) is 33.9. The number of likely N-dealkylation sites (tertiary alicyclic amines) is 2. The molecule has 3 saturated heterocycles. The number of hydrogen-bond donors (Lipinski definition) is 2. The average molecular weight is 537 g/mol. The van der Waals surface area contributed by atoms with E-state index in [1.807, 2.05) is 24.3 Å². The molecule has 1 spiro atoms. The molecule has 0 aromatic heterocycles. The lowest BCUT2D eigenvalue weighted by molar-refractivity contribution is -0.142. The number of benzene rings is 1. The summed E-state index contributed by atoms with van der Waals surface area (Å²) >= 11 is 0. The number of carbonyl (C=O) groups excluding carboxylic acids is 3. The molecule has 6 rings (SSSR count). The zero-order valence-corrected chi connectivity index (χ0v) is 22.9. The number of hydrogen-bond acceptors (Lipinski definition) is 6. The lowest BCUT2D eigenvalue weighted by Gasteiger charge is -2.36. The molecular weight excluding hydrogens is 496 g/mol. The van der Waals surface area contributed by atoms with Gasteiger partial charge in [0.25, 0.3) is 0 Å². The van der Waals surface area contributed by atoms with E-state index in [0.717, 1.165) is 51.6 Å². The SMILES string of the molecule is CCN1CCC[C@@H]1CN1C(=O)[C@@H]2[C@H](C(=O)Nc3cccc(OC)c3)[C@@H]3C=C[C@@]2(O3)[C@H]1C(=O)NC1CCCCC1. The molecule has 1 aromatic carbocycles. The van der Waals surface area contributed by atoms with Gasteiger partial charge in [-0.2, -0.15) is 0 Å². The van der Waals surface area contributed by atoms with Crippen molar-refractivity contribution in [1.29, 1.82) is 0 Å². The summed E-state index contributed by atoms with van der Waals surface area (Å²) in [6, 6.07) is 6.69. The lowest BCUT2D eigenvalue weighted by atomic mass is 9.74. The van der Waals surface area contributed by atoms with Gasteiger partial charge in [-0.3, -0.25) is 19.3 Å². The molecule has 4 heterocycles. The Balaban J connectivity index is 1.30. The number of carbonyl (C=O) groups is 3. The first kappa shape index (κ1) is 26.3. The van der Waals surface area contributed by atoms with Crippen molar-refractivity contribution in [3.05, 3.63) is 36.4 Å². The van der Waals surface area contributed by atoms with Gasteiger partial charge in [-0.1, -0.05) is 44.4 Å². The Kier molecular flexibility index (Phi) is 7.14. The van der Waals surface area contributed by atoms with Gasteiger partial charge in [-0.05, 0) is 50.9 Å². The molecular formula is C30H40N4O5. The Hall–Kier alpha value is -2.91. The first-order valence-electron chi connectivity index (χ1n) is 14.6. The van der Waals surface area contributed by atoms with Gasteiger partial charge in [0.05, 0.1) is 25.0 Å². The molecule has 9 heteroatoms. The van der Waals surface area contributed by atoms with Gasteiger partial charge in [-0.25, -0.2) is 0 Å². The second kappa shape index (κ2) is 10.6. The van der Waals surface area contributed by atoms with E-state index in [9.17, 15) is 14.4 Å². The van der Waals surface area contributed by atoms with Gasteiger partial charge in [-0.15, -0.1) is 0 Å². The number of methoxy groups -OCH3 is 1. The predicted octanol–water partition coefficient (Wildman–Crippen LogP) is 2.72. The molecule has 1 saturated carbocycles. The standard InChI is InChI=1S/C30H40N4O5/c1-3-33-16-8-12-21(33)18-34-26(28(36)31-19-9-5-4-6-10-19)30-15-14-23(39-30)24(25(30)29(34)37)27(35)32-20-11-7-13-22(17-20)38-2/h7,11,13-15,17,19,21,23-26H,3-6,8-10,12,16,18H2,1-2H3,(H,31,36)(H,32,35)/t21-,23+,24-,25+,26-,30+/m1/s1. The third-order valence-electron chi connectivity index (χ3n) is 9.53. The van der Waals surface area contributed by atoms with Crippen LogP contribution < -0.4 is 15.4 Å². The molecule has 3 amide bonds. The molecule has 210 valence electrons. The highest BCUT2D eigenvalue weighted by atomic mass is 16.5. The van der Waals surface area contributed by atoms with Crippen molar-refractivity contribution >= 4 is 23.4 Å². The number of anilines is 1. The number of likely N-dealkylation sites (N-methyl/N-ethyl adjacent to an activating group) is 1. The zero-order chi connectivity index (χ0) is 27.1. The molecule has 2 bridgehead atoms. The molecule has 0 unspecified atom stereocenters. The van der Waals surface area contributed by atoms with Crippen LogP contribution in [0.3, 0.4) is 0 Å². The van der Waals surface area contributed by atoms with Gasteiger partial charge in [0.2, 0.25) is 17.7 Å². The fourth-order valence-corrected chi connectivity index (χ4v) is 7.66. The Labute approximate surface area is 230 Å². The molecule has 5 aliphatic rings. The summed E-state index contributed by atoms with van der Waals surface area (Å²) < 4.78 is 11.8. The van der Waals surface area contributed by atoms with E-state index in [1.54, 1.807) is 24.1 Å². The molecule has 6 atom stereocenters. The molecule has 4 aliphatic heterocycles. The first-order chi connectivity index (χ1) is 18.9. The van der Waals surface area contributed by atoms with Crippen LogP contribution in [0, 0.1) is 11.8 Å². The minimum absolute atomic E-state index is 0.118. The summed E-state index contributed by atoms with van der Waals surface area (Å²) in [5.41, 5.74) is -0.536. The highest BCUT2D eigenvalue weighted by Crippen LogP contribution is 2.55. The maximum atomic E-state index is 14.2. The van der Waals surface area contributed by atoms with Gasteiger partial charge in [0.1, 0.15) is 17.4 Å². The number of amides is 3. The minimum atomic E-state index is -1.13. The van der Waals surface area contributed by atoms with Crippen LogP contribution in [0.4, 0.5) is 5.69 Å². The Bertz CT molecular complexity index is 1150. The van der Waals surface area contributed by atoms with Crippen molar-refractivity contribution < 1.29 is 23.9 Å². The van der Waals surface area contributed by atoms with Gasteiger partial charge in [0.15, 0.2) is 0 Å². The van der Waals surface area contributed by atoms with Crippen LogP contribution in [0.1, 0.15) is 51.9 Å². The van der Waals surface area contributed by atoms with Crippen LogP contribution in [0.2, 0.25) is 0 Å². The summed E-state index contributed by atoms with van der Waals surface area (Å²) in [5, 5.41) is 6.25. The van der Waals surface area contributed by atoms with Crippen molar-refractivity contribution in [2.75, 3.05) is 32.1 Å². The van der Waals surface area contributed by atoms with E-state index < -0.39 is 29.6 Å². The predicted molar refractivity (Wildman–Crippen MR) is 146 cm³/mol. The highest BCUT2D eigenvalue weighted by Gasteiger charge is 2.73. The molecule has 1 aromatic rings. The Morgan fingerprint density at radius 3 is 2.72 bits per heavy atom. The lowest BCUT2D eigenvalue weighted by Crippen LogP contribution is -2.58. The molecule has 2 N–H and O–H groups in total. The monoisotopic (exact) mass is 536 g/mol. The third-order valence-corrected chi connectivity index (χ3v) is 9.53. The van der Waals surface area contributed by atoms with Crippen LogP contribution in [-0.2, 0) is 19.1 Å². The Morgan fingerprint density at radius 2 is 1.95 bits per heavy atom. The molecule has 39 heavy (non-hydrogen) atoms. The van der Waals surface area contributed by atoms with Crippen molar-refractivity contribution in [2.24, 2.45) is 11.8 Å². The quantitative estimate of drug-likeness (QED) is 0.496. The third kappa shape index (κ3) is 4.53. The minimum Gasteiger partial charge on any atom is -0.497 e. The van der Waals surface area contributed by atoms with Crippen molar-refractivity contribution in [3.8, 4) is 5.75 Å². The van der Waals surface area contributed by atoms with Crippen molar-refractivity contribution in [1.82, 2.24) is 15.1 Å². The highest BCUT2D eigenvalue weighted by molar-refractivity contribution is 6.02. The largest absolute Gasteiger partial charge is 0.497 e. The van der Waals surface area contributed by atoms with Gasteiger partial charge < -0.3 is 25.0 Å². The second-order valence-corrected chi connectivity index (χ2v) is 11.7. The number of nitrogens with one attached hydrogen (secondary N) is 2. The van der Waals surface area contributed by atoms with Crippen molar-refractivity contribution in [3.63, 3.8) is 0 Å². The average Bonchev–Trinajstić information content (AvgIpc) is 3.70. The molecule has 4 fully saturated rings. The zero-order valence-electron chi connectivity index (χ0n) is 22.9. The number of rotatable bonds is 8. The van der Waals surface area contributed by atoms with Gasteiger partial charge in [0, 0.05) is 30.4 Å². The fourth-order valence-electron chi connectivity index (χ4n) is 7.66. The van der Waals surface area contributed by atoms with Crippen LogP contribution in [-0.4, -0.2) is 84.1 Å². The van der Waals surface area contributed by atoms with Crippen LogP contribution in [0.15, 0.2) is 36.4 Å². The smallest absolute Gasteiger partial charge is 0.246 e. The first-order valence-corrected chi connectivity index (χ1v) is 14.6. The number of fused-ring (bicyclic) bond motifs is 1. The van der Waals surface area contributed by atoms with Crippen LogP contribution in [0.5, 0.6) is 5.75 Å². The molecule has 1 aliphatic carbocycles. The summed E-state index contributed by atoms with van der Waals surface area (Å²) in [6.45, 7) is 4.52. The van der Waals surface area contributed by atoms with Gasteiger partial charge >= 0.3 is 0 Å². The molecule has 9 nitrogen and oxygen atoms in total. The van der Waals surface area contributed by atoms with E-state index >= 15 is 0 Å². The van der Waals surface area contributed by atoms with E-state index in [1.165, 1.54) is 6.42 Å². The van der Waals surface area contributed by atoms with Crippen LogP contribution >= 0.6 is 0 Å². The topological polar surface area (TPSA) is 100 Å². The number of nitrogens with zero attached hydrogens (tertiary/aromatic N) is 2. The van der Waals surface area contributed by atoms with Crippen molar-refractivity contribution in [2.45, 2.75) is 81.7 Å². The van der Waals surface area contributed by atoms with E-state index in [-0.39, 0.29) is 29.8 Å². The number of ether oxygens (including phenoxy) is 2. The van der Waals surface area contributed by atoms with E-state index in [4.69, 9.17) is 9.47 Å². The summed E-state index contributed by atoms with van der Waals surface area (Å²) in [4.78, 5) is 46.1. The summed E-state index contributed by atoms with van der Waals surface area (Å²) in [7, 11) is 1.58. The summed E-state index contributed by atoms with van der Waals surface area (Å²) in [5.74, 6) is -1.40. The van der Waals surface area contributed by atoms with E-state index in [0.29, 0.717) is 18.0 Å². The summed E-state index contributed by atoms with van der Waals surface area (Å²) in [6.07, 6.45) is 10.6. The second-order valence-electron chi connectivity index (χ2n) is 11.7. The van der Waals surface area contributed by atoms with E-state index in [2.05, 4.69) is 22.5 Å².